The second kappa shape index (κ2) is 6.19. The molecular weight excluding hydrogens is 208 g/mol. The molecule has 17 heavy (non-hydrogen) atoms. The van der Waals surface area contributed by atoms with E-state index in [1.165, 1.54) is 45.2 Å². The number of hydrogen-bond donors (Lipinski definition) is 1. The lowest BCUT2D eigenvalue weighted by Gasteiger charge is -2.44. The molecule has 1 heterocycles. The Morgan fingerprint density at radius 2 is 1.76 bits per heavy atom. The molecule has 0 amide bonds. The summed E-state index contributed by atoms with van der Waals surface area (Å²) in [5, 5.41) is 3.60. The van der Waals surface area contributed by atoms with Gasteiger partial charge >= 0.3 is 0 Å². The SMILES string of the molecule is CCNC1CCN(C2CCCC(C)C2C)CC1. The van der Waals surface area contributed by atoms with Crippen LogP contribution >= 0.6 is 0 Å². The van der Waals surface area contributed by atoms with E-state index in [9.17, 15) is 0 Å². The summed E-state index contributed by atoms with van der Waals surface area (Å²) in [7, 11) is 0. The molecule has 1 aliphatic carbocycles. The Morgan fingerprint density at radius 1 is 1.06 bits per heavy atom. The largest absolute Gasteiger partial charge is 0.314 e. The molecule has 0 radical (unpaired) electrons. The summed E-state index contributed by atoms with van der Waals surface area (Å²) in [4.78, 5) is 2.79. The highest BCUT2D eigenvalue weighted by Gasteiger charge is 2.33. The fraction of sp³-hybridized carbons (Fsp3) is 1.00. The van der Waals surface area contributed by atoms with Gasteiger partial charge in [-0.15, -0.1) is 0 Å². The number of rotatable bonds is 3. The standard InChI is InChI=1S/C15H30N2/c1-4-16-14-8-10-17(11-9-14)15-7-5-6-12(2)13(15)3/h12-16H,4-11H2,1-3H3. The molecule has 0 aromatic rings. The third-order valence-electron chi connectivity index (χ3n) is 5.16. The molecule has 1 aliphatic heterocycles. The van der Waals surface area contributed by atoms with Crippen molar-refractivity contribution in [3.63, 3.8) is 0 Å². The zero-order valence-electron chi connectivity index (χ0n) is 11.9. The molecule has 1 saturated heterocycles. The maximum absolute atomic E-state index is 3.60. The predicted molar refractivity (Wildman–Crippen MR) is 74.2 cm³/mol. The molecule has 3 unspecified atom stereocenters. The fourth-order valence-electron chi connectivity index (χ4n) is 3.79. The van der Waals surface area contributed by atoms with Crippen LogP contribution in [0.4, 0.5) is 0 Å². The van der Waals surface area contributed by atoms with Gasteiger partial charge in [-0.1, -0.05) is 33.6 Å². The lowest BCUT2D eigenvalue weighted by Crippen LogP contribution is -2.50. The minimum absolute atomic E-state index is 0.785. The van der Waals surface area contributed by atoms with Crippen molar-refractivity contribution in [2.24, 2.45) is 11.8 Å². The zero-order valence-corrected chi connectivity index (χ0v) is 11.9. The molecule has 2 fully saturated rings. The monoisotopic (exact) mass is 238 g/mol. The van der Waals surface area contributed by atoms with Crippen molar-refractivity contribution in [1.82, 2.24) is 10.2 Å². The highest BCUT2D eigenvalue weighted by atomic mass is 15.2. The van der Waals surface area contributed by atoms with Crippen molar-refractivity contribution in [1.29, 1.82) is 0 Å². The molecule has 2 nitrogen and oxygen atoms in total. The van der Waals surface area contributed by atoms with Gasteiger partial charge < -0.3 is 5.32 Å². The van der Waals surface area contributed by atoms with E-state index in [1.807, 2.05) is 0 Å². The van der Waals surface area contributed by atoms with E-state index in [0.29, 0.717) is 0 Å². The van der Waals surface area contributed by atoms with Gasteiger partial charge in [-0.25, -0.2) is 0 Å². The number of hydrogen-bond acceptors (Lipinski definition) is 2. The maximum Gasteiger partial charge on any atom is 0.0123 e. The van der Waals surface area contributed by atoms with Gasteiger partial charge in [0, 0.05) is 12.1 Å². The molecule has 0 aromatic heterocycles. The topological polar surface area (TPSA) is 15.3 Å². The van der Waals surface area contributed by atoms with E-state index >= 15 is 0 Å². The van der Waals surface area contributed by atoms with Crippen LogP contribution in [0, 0.1) is 11.8 Å². The summed E-state index contributed by atoms with van der Waals surface area (Å²) >= 11 is 0. The van der Waals surface area contributed by atoms with Gasteiger partial charge in [0.05, 0.1) is 0 Å². The van der Waals surface area contributed by atoms with Crippen LogP contribution in [0.15, 0.2) is 0 Å². The first-order valence-corrected chi connectivity index (χ1v) is 7.69. The van der Waals surface area contributed by atoms with Crippen molar-refractivity contribution in [3.8, 4) is 0 Å². The number of nitrogens with zero attached hydrogens (tertiary/aromatic N) is 1. The minimum Gasteiger partial charge on any atom is -0.314 e. The van der Waals surface area contributed by atoms with E-state index in [2.05, 4.69) is 31.0 Å². The predicted octanol–water partition coefficient (Wildman–Crippen LogP) is 2.89. The Morgan fingerprint density at radius 3 is 2.41 bits per heavy atom. The van der Waals surface area contributed by atoms with Crippen LogP contribution in [0.1, 0.15) is 52.9 Å². The van der Waals surface area contributed by atoms with Crippen molar-refractivity contribution < 1.29 is 0 Å². The highest BCUT2D eigenvalue weighted by Crippen LogP contribution is 2.33. The molecule has 2 heteroatoms. The van der Waals surface area contributed by atoms with Gasteiger partial charge in [-0.05, 0) is 50.7 Å². The van der Waals surface area contributed by atoms with Crippen molar-refractivity contribution >= 4 is 0 Å². The van der Waals surface area contributed by atoms with Crippen LogP contribution in [0.5, 0.6) is 0 Å². The van der Waals surface area contributed by atoms with Crippen LogP contribution in [-0.2, 0) is 0 Å². The summed E-state index contributed by atoms with van der Waals surface area (Å²) < 4.78 is 0. The van der Waals surface area contributed by atoms with Gasteiger partial charge in [0.1, 0.15) is 0 Å². The molecule has 1 N–H and O–H groups in total. The van der Waals surface area contributed by atoms with Gasteiger partial charge in [-0.2, -0.15) is 0 Å². The maximum atomic E-state index is 3.60. The van der Waals surface area contributed by atoms with Gasteiger partial charge in [0.2, 0.25) is 0 Å². The van der Waals surface area contributed by atoms with Crippen LogP contribution in [-0.4, -0.2) is 36.6 Å². The normalized spacial score (nSPS) is 37.2. The third kappa shape index (κ3) is 3.23. The third-order valence-corrected chi connectivity index (χ3v) is 5.16. The van der Waals surface area contributed by atoms with Crippen molar-refractivity contribution in [3.05, 3.63) is 0 Å². The average molecular weight is 238 g/mol. The summed E-state index contributed by atoms with van der Waals surface area (Å²) in [5.74, 6) is 1.83. The quantitative estimate of drug-likeness (QED) is 0.813. The molecular formula is C15H30N2. The second-order valence-corrected chi connectivity index (χ2v) is 6.20. The van der Waals surface area contributed by atoms with Gasteiger partial charge in [0.25, 0.3) is 0 Å². The lowest BCUT2D eigenvalue weighted by molar-refractivity contribution is 0.0582. The Bertz CT molecular complexity index is 221. The second-order valence-electron chi connectivity index (χ2n) is 6.20. The Labute approximate surface area is 107 Å². The number of likely N-dealkylation sites (tertiary alicyclic amines) is 1. The first-order valence-electron chi connectivity index (χ1n) is 7.69. The molecule has 2 aliphatic rings. The van der Waals surface area contributed by atoms with Gasteiger partial charge in [0.15, 0.2) is 0 Å². The minimum atomic E-state index is 0.785. The summed E-state index contributed by atoms with van der Waals surface area (Å²) in [5.41, 5.74) is 0. The fourth-order valence-corrected chi connectivity index (χ4v) is 3.79. The highest BCUT2D eigenvalue weighted by molar-refractivity contribution is 4.88. The zero-order chi connectivity index (χ0) is 12.3. The molecule has 0 spiro atoms. The molecule has 2 rings (SSSR count). The van der Waals surface area contributed by atoms with E-state index in [4.69, 9.17) is 0 Å². The summed E-state index contributed by atoms with van der Waals surface area (Å²) in [6.07, 6.45) is 7.04. The first kappa shape index (κ1) is 13.4. The summed E-state index contributed by atoms with van der Waals surface area (Å²) in [6.45, 7) is 10.9. The first-order chi connectivity index (χ1) is 8.22. The van der Waals surface area contributed by atoms with Gasteiger partial charge in [-0.3, -0.25) is 4.90 Å². The molecule has 3 atom stereocenters. The van der Waals surface area contributed by atoms with Crippen molar-refractivity contribution in [2.45, 2.75) is 65.0 Å². The number of nitrogens with one attached hydrogen (secondary N) is 1. The van der Waals surface area contributed by atoms with E-state index in [1.54, 1.807) is 0 Å². The van der Waals surface area contributed by atoms with E-state index < -0.39 is 0 Å². The number of piperidine rings is 1. The van der Waals surface area contributed by atoms with E-state index in [0.717, 1.165) is 30.5 Å². The molecule has 100 valence electrons. The summed E-state index contributed by atoms with van der Waals surface area (Å²) in [6, 6.07) is 1.66. The Balaban J connectivity index is 1.83. The van der Waals surface area contributed by atoms with Crippen LogP contribution in [0.25, 0.3) is 0 Å². The van der Waals surface area contributed by atoms with Crippen LogP contribution in [0.2, 0.25) is 0 Å². The van der Waals surface area contributed by atoms with Crippen LogP contribution < -0.4 is 5.32 Å². The van der Waals surface area contributed by atoms with Crippen molar-refractivity contribution in [2.75, 3.05) is 19.6 Å². The van der Waals surface area contributed by atoms with E-state index in [-0.39, 0.29) is 0 Å². The molecule has 0 bridgehead atoms. The molecule has 1 saturated carbocycles. The lowest BCUT2D eigenvalue weighted by atomic mass is 9.77. The molecule has 0 aromatic carbocycles. The Hall–Kier alpha value is -0.0800. The smallest absolute Gasteiger partial charge is 0.0123 e. The average Bonchev–Trinajstić information content (AvgIpc) is 2.34. The Kier molecular flexibility index (Phi) is 4.87. The van der Waals surface area contributed by atoms with Crippen LogP contribution in [0.3, 0.4) is 0 Å².